The predicted molar refractivity (Wildman–Crippen MR) is 218 cm³/mol. The van der Waals surface area contributed by atoms with E-state index in [1.165, 1.54) is 87.6 Å². The standard InChI is InChI=1S/C50H35NS/c1-49(2)40-23-11-8-20-36(40)39-29-28-34(31-44(39)49)51(33-17-4-3-5-18-33)47-35-19-7-6-16-32(35)30-45-48(47)52-46-27-15-14-26-43(46)50(45)41-24-12-9-21-37(41)38-22-10-13-25-42(38)50/h3-31H,1-2H3. The normalized spacial score (nSPS) is 15.0. The van der Waals surface area contributed by atoms with Crippen LogP contribution in [0, 0.1) is 0 Å². The van der Waals surface area contributed by atoms with E-state index in [1.54, 1.807) is 0 Å². The summed E-state index contributed by atoms with van der Waals surface area (Å²) in [6.45, 7) is 4.75. The third kappa shape index (κ3) is 3.85. The minimum Gasteiger partial charge on any atom is -0.309 e. The summed E-state index contributed by atoms with van der Waals surface area (Å²) in [5, 5.41) is 2.49. The van der Waals surface area contributed by atoms with Gasteiger partial charge in [-0.3, -0.25) is 0 Å². The molecule has 52 heavy (non-hydrogen) atoms. The minimum atomic E-state index is -0.465. The highest BCUT2D eigenvalue weighted by molar-refractivity contribution is 7.99. The minimum absolute atomic E-state index is 0.114. The summed E-state index contributed by atoms with van der Waals surface area (Å²) in [7, 11) is 0. The van der Waals surface area contributed by atoms with E-state index in [9.17, 15) is 0 Å². The number of nitrogens with zero attached hydrogens (tertiary/aromatic N) is 1. The summed E-state index contributed by atoms with van der Waals surface area (Å²) in [6, 6.07) is 65.9. The van der Waals surface area contributed by atoms with Crippen LogP contribution >= 0.6 is 11.8 Å². The van der Waals surface area contributed by atoms with Crippen molar-refractivity contribution in [3.8, 4) is 22.3 Å². The van der Waals surface area contributed by atoms with Crippen LogP contribution in [0.3, 0.4) is 0 Å². The van der Waals surface area contributed by atoms with Gasteiger partial charge in [-0.2, -0.15) is 0 Å². The Bertz CT molecular complexity index is 2710. The second kappa shape index (κ2) is 10.8. The molecule has 0 saturated heterocycles. The van der Waals surface area contributed by atoms with E-state index in [2.05, 4.69) is 195 Å². The predicted octanol–water partition coefficient (Wildman–Crippen LogP) is 13.4. The second-order valence-electron chi connectivity index (χ2n) is 14.8. The van der Waals surface area contributed by atoms with Gasteiger partial charge < -0.3 is 4.90 Å². The Kier molecular flexibility index (Phi) is 6.22. The van der Waals surface area contributed by atoms with Crippen LogP contribution in [0.2, 0.25) is 0 Å². The van der Waals surface area contributed by atoms with Gasteiger partial charge in [0.2, 0.25) is 0 Å². The van der Waals surface area contributed by atoms with E-state index in [1.807, 2.05) is 11.8 Å². The quantitative estimate of drug-likeness (QED) is 0.183. The molecule has 0 N–H and O–H groups in total. The molecule has 0 radical (unpaired) electrons. The van der Waals surface area contributed by atoms with Gasteiger partial charge in [0.1, 0.15) is 0 Å². The summed E-state index contributed by atoms with van der Waals surface area (Å²) in [5.41, 5.74) is 16.5. The van der Waals surface area contributed by atoms with Crippen LogP contribution in [0.1, 0.15) is 47.2 Å². The molecule has 1 aliphatic heterocycles. The first kappa shape index (κ1) is 29.9. The van der Waals surface area contributed by atoms with E-state index in [4.69, 9.17) is 0 Å². The number of rotatable bonds is 3. The average molecular weight is 682 g/mol. The van der Waals surface area contributed by atoms with Gasteiger partial charge in [-0.05, 0) is 97.4 Å². The van der Waals surface area contributed by atoms with Crippen molar-refractivity contribution in [1.82, 2.24) is 0 Å². The van der Waals surface area contributed by atoms with Crippen molar-refractivity contribution in [2.45, 2.75) is 34.5 Å². The summed E-state index contributed by atoms with van der Waals surface area (Å²) in [5.74, 6) is 0. The molecule has 1 heterocycles. The van der Waals surface area contributed by atoms with Gasteiger partial charge in [-0.25, -0.2) is 0 Å². The molecule has 0 bridgehead atoms. The number of hydrogen-bond donors (Lipinski definition) is 0. The number of hydrogen-bond acceptors (Lipinski definition) is 2. The number of fused-ring (bicyclic) bond motifs is 13. The number of benzene rings is 8. The van der Waals surface area contributed by atoms with Gasteiger partial charge in [0.15, 0.2) is 0 Å². The van der Waals surface area contributed by atoms with Crippen molar-refractivity contribution in [1.29, 1.82) is 0 Å². The van der Waals surface area contributed by atoms with Crippen LogP contribution in [0.4, 0.5) is 17.1 Å². The molecule has 3 aliphatic rings. The fraction of sp³-hybridized carbons (Fsp3) is 0.0800. The molecule has 11 rings (SSSR count). The number of anilines is 3. The molecule has 8 aromatic carbocycles. The zero-order valence-electron chi connectivity index (χ0n) is 29.1. The van der Waals surface area contributed by atoms with E-state index in [0.29, 0.717) is 0 Å². The van der Waals surface area contributed by atoms with Crippen molar-refractivity contribution in [3.05, 3.63) is 209 Å². The SMILES string of the molecule is CC1(C)c2ccccc2-c2ccc(N(c3ccccc3)c3c4c(cc5ccccc35)C3(c5ccccc5S4)c4ccccc4-c4ccccc43)cc21. The van der Waals surface area contributed by atoms with Gasteiger partial charge in [0.05, 0.1) is 11.1 Å². The molecular formula is C50H35NS. The molecule has 246 valence electrons. The molecule has 0 unspecified atom stereocenters. The third-order valence-electron chi connectivity index (χ3n) is 11.9. The van der Waals surface area contributed by atoms with Crippen LogP contribution in [-0.4, -0.2) is 0 Å². The zero-order valence-corrected chi connectivity index (χ0v) is 29.9. The molecule has 2 heteroatoms. The lowest BCUT2D eigenvalue weighted by molar-refractivity contribution is 0.660. The summed E-state index contributed by atoms with van der Waals surface area (Å²) < 4.78 is 0. The third-order valence-corrected chi connectivity index (χ3v) is 13.1. The lowest BCUT2D eigenvalue weighted by Gasteiger charge is -2.42. The van der Waals surface area contributed by atoms with Gasteiger partial charge in [0.25, 0.3) is 0 Å². The largest absolute Gasteiger partial charge is 0.309 e. The van der Waals surface area contributed by atoms with Gasteiger partial charge in [0, 0.05) is 32.0 Å². The highest BCUT2D eigenvalue weighted by Crippen LogP contribution is 2.65. The zero-order chi connectivity index (χ0) is 34.6. The van der Waals surface area contributed by atoms with E-state index < -0.39 is 5.41 Å². The fourth-order valence-electron chi connectivity index (χ4n) is 9.66. The average Bonchev–Trinajstić information content (AvgIpc) is 3.61. The number of para-hydroxylation sites is 1. The Labute approximate surface area is 309 Å². The van der Waals surface area contributed by atoms with Crippen molar-refractivity contribution < 1.29 is 0 Å². The Morgan fingerprint density at radius 1 is 0.423 bits per heavy atom. The topological polar surface area (TPSA) is 3.24 Å². The summed E-state index contributed by atoms with van der Waals surface area (Å²) in [4.78, 5) is 5.15. The summed E-state index contributed by atoms with van der Waals surface area (Å²) in [6.07, 6.45) is 0. The van der Waals surface area contributed by atoms with Crippen LogP contribution in [0.5, 0.6) is 0 Å². The fourth-order valence-corrected chi connectivity index (χ4v) is 11.0. The molecule has 0 atom stereocenters. The van der Waals surface area contributed by atoms with Crippen molar-refractivity contribution in [2.75, 3.05) is 4.90 Å². The van der Waals surface area contributed by atoms with Gasteiger partial charge >= 0.3 is 0 Å². The van der Waals surface area contributed by atoms with Crippen molar-refractivity contribution in [2.24, 2.45) is 0 Å². The molecule has 0 amide bonds. The van der Waals surface area contributed by atoms with Crippen LogP contribution < -0.4 is 4.90 Å². The lowest BCUT2D eigenvalue weighted by Crippen LogP contribution is -2.32. The maximum Gasteiger partial charge on any atom is 0.0736 e. The van der Waals surface area contributed by atoms with E-state index >= 15 is 0 Å². The van der Waals surface area contributed by atoms with Crippen molar-refractivity contribution >= 4 is 39.6 Å². The Hall–Kier alpha value is -5.83. The van der Waals surface area contributed by atoms with Crippen LogP contribution in [0.25, 0.3) is 33.0 Å². The highest BCUT2D eigenvalue weighted by atomic mass is 32.2. The molecule has 0 fully saturated rings. The molecule has 1 nitrogen and oxygen atoms in total. The molecule has 0 aromatic heterocycles. The monoisotopic (exact) mass is 681 g/mol. The maximum absolute atomic E-state index is 2.54. The Morgan fingerprint density at radius 3 is 1.71 bits per heavy atom. The highest BCUT2D eigenvalue weighted by Gasteiger charge is 2.51. The Balaban J connectivity index is 1.27. The van der Waals surface area contributed by atoms with Crippen molar-refractivity contribution in [3.63, 3.8) is 0 Å². The molecule has 0 saturated carbocycles. The maximum atomic E-state index is 2.54. The van der Waals surface area contributed by atoms with E-state index in [-0.39, 0.29) is 5.41 Å². The lowest BCUT2D eigenvalue weighted by atomic mass is 9.67. The van der Waals surface area contributed by atoms with Crippen LogP contribution in [-0.2, 0) is 10.8 Å². The second-order valence-corrected chi connectivity index (χ2v) is 15.9. The first-order valence-corrected chi connectivity index (χ1v) is 19.0. The van der Waals surface area contributed by atoms with Gasteiger partial charge in [-0.1, -0.05) is 165 Å². The van der Waals surface area contributed by atoms with Gasteiger partial charge in [-0.15, -0.1) is 0 Å². The molecule has 2 aliphatic carbocycles. The molecular weight excluding hydrogens is 647 g/mol. The smallest absolute Gasteiger partial charge is 0.0736 e. The summed E-state index contributed by atoms with van der Waals surface area (Å²) >= 11 is 1.93. The first-order valence-electron chi connectivity index (χ1n) is 18.2. The van der Waals surface area contributed by atoms with E-state index in [0.717, 1.165) is 5.69 Å². The van der Waals surface area contributed by atoms with Crippen LogP contribution in [0.15, 0.2) is 186 Å². The first-order chi connectivity index (χ1) is 25.6. The Morgan fingerprint density at radius 2 is 0.981 bits per heavy atom. The molecule has 1 spiro atoms. The molecule has 8 aromatic rings.